The van der Waals surface area contributed by atoms with Crippen LogP contribution >= 0.6 is 0 Å². The molecule has 0 amide bonds. The number of benzene rings is 4. The van der Waals surface area contributed by atoms with Gasteiger partial charge in [-0.25, -0.2) is 65.3 Å². The summed E-state index contributed by atoms with van der Waals surface area (Å²) in [5.74, 6) is -4.03. The normalized spacial score (nSPS) is 18.6. The Labute approximate surface area is 433 Å². The van der Waals surface area contributed by atoms with Crippen molar-refractivity contribution in [3.63, 3.8) is 0 Å². The van der Waals surface area contributed by atoms with Gasteiger partial charge in [0.05, 0.1) is 56.0 Å². The second-order valence-electron chi connectivity index (χ2n) is 19.0. The third-order valence-corrected chi connectivity index (χ3v) is 14.1. The van der Waals surface area contributed by atoms with E-state index < -0.39 is 52.3 Å². The van der Waals surface area contributed by atoms with Crippen molar-refractivity contribution in [2.24, 2.45) is 5.92 Å². The number of anilines is 2. The first kappa shape index (κ1) is 53.0. The molecule has 8 aromatic rings. The van der Waals surface area contributed by atoms with E-state index in [0.29, 0.717) is 37.7 Å². The Morgan fingerprint density at radius 3 is 1.96 bits per heavy atom. The molecule has 2 N–H and O–H groups in total. The number of halogens is 5. The zero-order chi connectivity index (χ0) is 53.6. The molecule has 0 bridgehead atoms. The summed E-state index contributed by atoms with van der Waals surface area (Å²) >= 11 is 0. The van der Waals surface area contributed by atoms with Gasteiger partial charge in [0, 0.05) is 72.6 Å². The van der Waals surface area contributed by atoms with Crippen LogP contribution in [0.2, 0.25) is 0 Å². The van der Waals surface area contributed by atoms with Gasteiger partial charge in [-0.2, -0.15) is 15.3 Å². The number of ether oxygens (including phenoxy) is 2. The fourth-order valence-corrected chi connectivity index (χ4v) is 9.96. The van der Waals surface area contributed by atoms with Gasteiger partial charge in [0.1, 0.15) is 78.2 Å². The lowest BCUT2D eigenvalue weighted by atomic mass is 9.79. The van der Waals surface area contributed by atoms with Gasteiger partial charge in [-0.15, -0.1) is 0 Å². The average Bonchev–Trinajstić information content (AvgIpc) is 4.28. The first-order valence-electron chi connectivity index (χ1n) is 24.7. The molecule has 6 heterocycles. The summed E-state index contributed by atoms with van der Waals surface area (Å²) < 4.78 is 88.6. The molecule has 6 atom stereocenters. The minimum absolute atomic E-state index is 0.0121. The lowest BCUT2D eigenvalue weighted by Gasteiger charge is -2.37. The Kier molecular flexibility index (Phi) is 16.0. The van der Waals surface area contributed by atoms with Gasteiger partial charge in [-0.1, -0.05) is 26.0 Å². The van der Waals surface area contributed by atoms with Crippen LogP contribution in [0.4, 0.5) is 33.3 Å². The highest BCUT2D eigenvalue weighted by molar-refractivity contribution is 5.55. The van der Waals surface area contributed by atoms with Gasteiger partial charge in [0.25, 0.3) is 0 Å². The lowest BCUT2D eigenvalue weighted by Crippen LogP contribution is -2.46. The topological polar surface area (TPSA) is 192 Å². The molecule has 4 aromatic carbocycles. The van der Waals surface area contributed by atoms with Gasteiger partial charge >= 0.3 is 5.69 Å². The van der Waals surface area contributed by atoms with Crippen LogP contribution in [0.3, 0.4) is 0 Å². The average molecular weight is 1050 g/mol. The van der Waals surface area contributed by atoms with Crippen LogP contribution < -0.4 is 20.2 Å². The molecular formula is C53H56F5N13O5. The predicted octanol–water partition coefficient (Wildman–Crippen LogP) is 6.75. The molecule has 2 aliphatic rings. The van der Waals surface area contributed by atoms with Crippen LogP contribution in [-0.2, 0) is 29.0 Å². The Morgan fingerprint density at radius 2 is 1.37 bits per heavy atom. The van der Waals surface area contributed by atoms with E-state index in [1.807, 2.05) is 43.3 Å². The van der Waals surface area contributed by atoms with E-state index in [1.54, 1.807) is 17.9 Å². The van der Waals surface area contributed by atoms with Gasteiger partial charge in [0.2, 0.25) is 0 Å². The minimum Gasteiger partial charge on any atom is -0.493 e. The largest absolute Gasteiger partial charge is 0.493 e. The van der Waals surface area contributed by atoms with Gasteiger partial charge in [-0.05, 0) is 80.4 Å². The maximum Gasteiger partial charge on any atom is 0.350 e. The standard InChI is InChI=1S/C37H42F2N8O4.C16H14F3N5O/c1-3-35(26(2)48)47-36(49)46(25-42-47)31-7-5-29(6-8-31)43-14-16-44(17-15-43)30-9-11-32(12-10-30)50-20-27-19-37(51-21-27,22-45-24-40-23-41-45)33-13-4-28(38)18-34(33)39;1-10(15-14(19)5-20-7-22-15)16(25,6-24-9-21-8-23-24)12-3-2-11(17)4-13(12)18/h4-13,18,23-27,35,48H,3,14-17,19-22H2,1-2H3;2-5,7-10,25H,6H2,1H3/t26-,27?,35-,37-;10-,16+/m00/s1. The Hall–Kier alpha value is -7.89. The van der Waals surface area contributed by atoms with E-state index in [2.05, 4.69) is 57.2 Å². The van der Waals surface area contributed by atoms with Gasteiger partial charge < -0.3 is 29.5 Å². The van der Waals surface area contributed by atoms with E-state index in [1.165, 1.54) is 58.3 Å². The molecule has 0 radical (unpaired) electrons. The number of piperazine rings is 1. The predicted molar refractivity (Wildman–Crippen MR) is 268 cm³/mol. The molecule has 2 saturated heterocycles. The summed E-state index contributed by atoms with van der Waals surface area (Å²) in [7, 11) is 0. The summed E-state index contributed by atoms with van der Waals surface area (Å²) in [6.07, 6.45) is 9.55. The number of hydrogen-bond donors (Lipinski definition) is 2. The first-order chi connectivity index (χ1) is 36.6. The summed E-state index contributed by atoms with van der Waals surface area (Å²) in [5.41, 5.74) is -0.326. The van der Waals surface area contributed by atoms with Crippen molar-refractivity contribution in [3.05, 3.63) is 185 Å². The van der Waals surface area contributed by atoms with E-state index in [9.17, 15) is 37.0 Å². The number of aliphatic hydroxyl groups is 2. The highest BCUT2D eigenvalue weighted by Crippen LogP contribution is 2.43. The maximum atomic E-state index is 15.0. The lowest BCUT2D eigenvalue weighted by molar-refractivity contribution is -0.0206. The quantitative estimate of drug-likeness (QED) is 0.0911. The Balaban J connectivity index is 0.000000236. The molecule has 398 valence electrons. The molecule has 0 spiro atoms. The van der Waals surface area contributed by atoms with Crippen molar-refractivity contribution < 1.29 is 41.6 Å². The molecule has 76 heavy (non-hydrogen) atoms. The fraction of sp³-hybridized carbons (Fsp3) is 0.358. The van der Waals surface area contributed by atoms with E-state index in [-0.39, 0.29) is 42.0 Å². The van der Waals surface area contributed by atoms with E-state index >= 15 is 0 Å². The fourth-order valence-electron chi connectivity index (χ4n) is 9.96. The van der Waals surface area contributed by atoms with Crippen molar-refractivity contribution in [2.45, 2.75) is 76.0 Å². The third kappa shape index (κ3) is 11.5. The van der Waals surface area contributed by atoms with Crippen molar-refractivity contribution in [1.29, 1.82) is 0 Å². The van der Waals surface area contributed by atoms with Crippen LogP contribution in [0.25, 0.3) is 5.69 Å². The molecule has 23 heteroatoms. The molecular weight excluding hydrogens is 994 g/mol. The van der Waals surface area contributed by atoms with E-state index in [4.69, 9.17) is 9.47 Å². The van der Waals surface area contributed by atoms with E-state index in [0.717, 1.165) is 79.7 Å². The summed E-state index contributed by atoms with van der Waals surface area (Å²) in [4.78, 5) is 32.9. The number of aromatic nitrogens is 11. The second kappa shape index (κ2) is 22.9. The second-order valence-corrected chi connectivity index (χ2v) is 19.0. The van der Waals surface area contributed by atoms with Crippen LogP contribution in [0.5, 0.6) is 5.75 Å². The molecule has 0 saturated carbocycles. The monoisotopic (exact) mass is 1050 g/mol. The number of aliphatic hydroxyl groups excluding tert-OH is 1. The molecule has 10 rings (SSSR count). The smallest absolute Gasteiger partial charge is 0.350 e. The van der Waals surface area contributed by atoms with Crippen LogP contribution in [0, 0.1) is 35.0 Å². The van der Waals surface area contributed by atoms with Crippen molar-refractivity contribution in [1.82, 2.24) is 53.8 Å². The Bertz CT molecular complexity index is 3230. The highest BCUT2D eigenvalue weighted by atomic mass is 19.1. The summed E-state index contributed by atoms with van der Waals surface area (Å²) in [6, 6.07) is 22.0. The Morgan fingerprint density at radius 1 is 0.750 bits per heavy atom. The highest BCUT2D eigenvalue weighted by Gasteiger charge is 2.45. The molecule has 2 aliphatic heterocycles. The molecule has 1 unspecified atom stereocenters. The summed E-state index contributed by atoms with van der Waals surface area (Å²) in [5, 5.41) is 33.7. The van der Waals surface area contributed by atoms with Crippen molar-refractivity contribution in [3.8, 4) is 11.4 Å². The molecule has 2 fully saturated rings. The van der Waals surface area contributed by atoms with Crippen molar-refractivity contribution >= 4 is 11.4 Å². The van der Waals surface area contributed by atoms with Gasteiger partial charge in [-0.3, -0.25) is 0 Å². The number of hydrogen-bond acceptors (Lipinski definition) is 14. The zero-order valence-electron chi connectivity index (χ0n) is 41.8. The third-order valence-electron chi connectivity index (χ3n) is 14.1. The van der Waals surface area contributed by atoms with Crippen LogP contribution in [0.1, 0.15) is 62.4 Å². The maximum absolute atomic E-state index is 15.0. The molecule has 4 aromatic heterocycles. The SMILES string of the molecule is CC[C@@H]([C@H](C)O)n1ncn(-c2ccc(N3CCN(c4ccc(OCC5CO[C@@](Cn6cncn6)(c6ccc(F)cc6F)C5)cc4)CC3)cc2)c1=O.C[C@@H](c1ncncc1F)[C@](O)(Cn1cncn1)c1ccc(F)cc1F. The van der Waals surface area contributed by atoms with Crippen LogP contribution in [-0.4, -0.2) is 110 Å². The zero-order valence-corrected chi connectivity index (χ0v) is 41.8. The molecule has 0 aliphatic carbocycles. The van der Waals surface area contributed by atoms with Gasteiger partial charge in [0.15, 0.2) is 5.82 Å². The van der Waals surface area contributed by atoms with Crippen molar-refractivity contribution in [2.75, 3.05) is 49.2 Å². The summed E-state index contributed by atoms with van der Waals surface area (Å²) in [6.45, 7) is 9.22. The van der Waals surface area contributed by atoms with Crippen LogP contribution in [0.15, 0.2) is 134 Å². The molecule has 18 nitrogen and oxygen atoms in total. The number of rotatable bonds is 17. The minimum atomic E-state index is -1.96. The number of nitrogens with zero attached hydrogens (tertiary/aromatic N) is 13. The first-order valence-corrected chi connectivity index (χ1v) is 24.7.